The van der Waals surface area contributed by atoms with Crippen LogP contribution in [-0.2, 0) is 4.74 Å². The zero-order valence-corrected chi connectivity index (χ0v) is 23.5. The summed E-state index contributed by atoms with van der Waals surface area (Å²) in [5, 5.41) is 0. The van der Waals surface area contributed by atoms with Crippen LogP contribution in [0.1, 0.15) is 80.1 Å². The molecular formula is C34H37F3O4. The number of esters is 1. The Balaban J connectivity index is 1.36. The lowest BCUT2D eigenvalue weighted by atomic mass is 9.82. The van der Waals surface area contributed by atoms with Gasteiger partial charge >= 0.3 is 5.97 Å². The summed E-state index contributed by atoms with van der Waals surface area (Å²) in [6.07, 6.45) is 8.60. The number of hydrogen-bond donors (Lipinski definition) is 0. The van der Waals surface area contributed by atoms with E-state index in [1.807, 2.05) is 0 Å². The first kappa shape index (κ1) is 30.4. The molecule has 0 atom stereocenters. The maximum atomic E-state index is 15.0. The molecule has 0 radical (unpaired) electrons. The Hall–Kier alpha value is -3.58. The standard InChI is InChI=1S/C34H37F3O4/c1-3-5-7-21-40-31-19-12-25(22-30(31)35)23-8-15-27(16-9-23)41-34(38)29-18-17-28(32(36)33(29)37)24-10-13-26(14-11-24)39-20-6-4-2/h3,8-9,12,15-19,22,24,26H,1,4-7,10-11,13-14,20-21H2,2H3. The van der Waals surface area contributed by atoms with E-state index in [0.717, 1.165) is 45.1 Å². The van der Waals surface area contributed by atoms with Crippen molar-refractivity contribution in [3.05, 3.63) is 95.8 Å². The minimum Gasteiger partial charge on any atom is -0.491 e. The third kappa shape index (κ3) is 8.00. The number of allylic oxidation sites excluding steroid dienone is 1. The van der Waals surface area contributed by atoms with Crippen LogP contribution in [0.25, 0.3) is 11.1 Å². The van der Waals surface area contributed by atoms with Crippen LogP contribution in [0.4, 0.5) is 13.2 Å². The van der Waals surface area contributed by atoms with Crippen molar-refractivity contribution >= 4 is 5.97 Å². The summed E-state index contributed by atoms with van der Waals surface area (Å²) >= 11 is 0. The zero-order valence-electron chi connectivity index (χ0n) is 23.5. The number of rotatable bonds is 13. The van der Waals surface area contributed by atoms with Crippen LogP contribution >= 0.6 is 0 Å². The van der Waals surface area contributed by atoms with Crippen molar-refractivity contribution in [3.8, 4) is 22.6 Å². The maximum Gasteiger partial charge on any atom is 0.346 e. The number of halogens is 3. The van der Waals surface area contributed by atoms with E-state index in [0.29, 0.717) is 30.6 Å². The van der Waals surface area contributed by atoms with E-state index in [1.165, 1.54) is 30.3 Å². The molecule has 1 fully saturated rings. The highest BCUT2D eigenvalue weighted by atomic mass is 19.2. The van der Waals surface area contributed by atoms with Crippen LogP contribution in [0.5, 0.6) is 11.5 Å². The van der Waals surface area contributed by atoms with Crippen molar-refractivity contribution in [2.45, 2.75) is 70.3 Å². The Bertz CT molecular complexity index is 1310. The molecule has 0 aliphatic heterocycles. The molecule has 3 aromatic carbocycles. The van der Waals surface area contributed by atoms with Gasteiger partial charge < -0.3 is 14.2 Å². The number of carbonyl (C=O) groups is 1. The quantitative estimate of drug-likeness (QED) is 0.0896. The SMILES string of the molecule is C=CCCCOc1ccc(-c2ccc(OC(=O)c3ccc(C4CCC(OCCCC)CC4)c(F)c3F)cc2)cc1F. The van der Waals surface area contributed by atoms with E-state index in [1.54, 1.807) is 30.3 Å². The topological polar surface area (TPSA) is 44.8 Å². The second-order valence-electron chi connectivity index (χ2n) is 10.4. The van der Waals surface area contributed by atoms with Gasteiger partial charge in [-0.15, -0.1) is 6.58 Å². The molecule has 0 unspecified atom stereocenters. The lowest BCUT2D eigenvalue weighted by Crippen LogP contribution is -2.22. The monoisotopic (exact) mass is 566 g/mol. The summed E-state index contributed by atoms with van der Waals surface area (Å²) in [7, 11) is 0. The van der Waals surface area contributed by atoms with E-state index < -0.39 is 29.0 Å². The van der Waals surface area contributed by atoms with Crippen LogP contribution in [-0.4, -0.2) is 25.3 Å². The van der Waals surface area contributed by atoms with E-state index >= 15 is 4.39 Å². The van der Waals surface area contributed by atoms with Gasteiger partial charge in [0.2, 0.25) is 0 Å². The van der Waals surface area contributed by atoms with Crippen LogP contribution in [0.2, 0.25) is 0 Å². The van der Waals surface area contributed by atoms with Crippen molar-refractivity contribution in [1.82, 2.24) is 0 Å². The molecule has 0 spiro atoms. The molecule has 1 saturated carbocycles. The van der Waals surface area contributed by atoms with E-state index in [-0.39, 0.29) is 29.1 Å². The van der Waals surface area contributed by atoms with Gasteiger partial charge in [0.15, 0.2) is 23.2 Å². The Morgan fingerprint density at radius 1 is 0.902 bits per heavy atom. The summed E-state index contributed by atoms with van der Waals surface area (Å²) in [5.74, 6) is -3.45. The summed E-state index contributed by atoms with van der Waals surface area (Å²) in [6, 6.07) is 13.8. The van der Waals surface area contributed by atoms with Gasteiger partial charge in [-0.1, -0.05) is 43.7 Å². The summed E-state index contributed by atoms with van der Waals surface area (Å²) in [4.78, 5) is 12.7. The minimum absolute atomic E-state index is 0.115. The van der Waals surface area contributed by atoms with Crippen LogP contribution in [0.15, 0.2) is 67.3 Å². The first-order chi connectivity index (χ1) is 19.9. The number of ether oxygens (including phenoxy) is 3. The Kier molecular flexibility index (Phi) is 11.0. The fraction of sp³-hybridized carbons (Fsp3) is 0.382. The summed E-state index contributed by atoms with van der Waals surface area (Å²) in [5.41, 5.74) is 1.13. The van der Waals surface area contributed by atoms with Crippen LogP contribution in [0.3, 0.4) is 0 Å². The molecule has 7 heteroatoms. The Morgan fingerprint density at radius 2 is 1.63 bits per heavy atom. The molecule has 0 aromatic heterocycles. The van der Waals surface area contributed by atoms with E-state index in [2.05, 4.69) is 13.5 Å². The third-order valence-corrected chi connectivity index (χ3v) is 7.44. The number of hydrogen-bond acceptors (Lipinski definition) is 4. The van der Waals surface area contributed by atoms with Crippen molar-refractivity contribution < 1.29 is 32.2 Å². The molecule has 0 heterocycles. The lowest BCUT2D eigenvalue weighted by molar-refractivity contribution is 0.0230. The minimum atomic E-state index is -1.20. The third-order valence-electron chi connectivity index (χ3n) is 7.44. The first-order valence-corrected chi connectivity index (χ1v) is 14.4. The largest absolute Gasteiger partial charge is 0.491 e. The molecule has 3 aromatic rings. The molecule has 218 valence electrons. The fourth-order valence-electron chi connectivity index (χ4n) is 5.06. The van der Waals surface area contributed by atoms with Gasteiger partial charge in [-0.05, 0) is 97.9 Å². The first-order valence-electron chi connectivity index (χ1n) is 14.4. The maximum absolute atomic E-state index is 15.0. The Labute approximate surface area is 240 Å². The van der Waals surface area contributed by atoms with Gasteiger partial charge in [0, 0.05) is 6.61 Å². The number of carbonyl (C=O) groups excluding carboxylic acids is 1. The summed E-state index contributed by atoms with van der Waals surface area (Å²) < 4.78 is 61.2. The molecule has 1 aliphatic rings. The van der Waals surface area contributed by atoms with Gasteiger partial charge in [0.1, 0.15) is 5.75 Å². The average molecular weight is 567 g/mol. The molecule has 0 saturated heterocycles. The van der Waals surface area contributed by atoms with Gasteiger partial charge in [-0.2, -0.15) is 0 Å². The molecule has 0 bridgehead atoms. The second kappa shape index (κ2) is 14.9. The smallest absolute Gasteiger partial charge is 0.346 e. The highest BCUT2D eigenvalue weighted by Gasteiger charge is 2.28. The van der Waals surface area contributed by atoms with E-state index in [9.17, 15) is 13.6 Å². The molecule has 1 aliphatic carbocycles. The summed E-state index contributed by atoms with van der Waals surface area (Å²) in [6.45, 7) is 6.88. The van der Waals surface area contributed by atoms with Crippen LogP contribution < -0.4 is 9.47 Å². The van der Waals surface area contributed by atoms with Gasteiger partial charge in [-0.25, -0.2) is 18.0 Å². The fourth-order valence-corrected chi connectivity index (χ4v) is 5.06. The highest BCUT2D eigenvalue weighted by Crippen LogP contribution is 2.36. The van der Waals surface area contributed by atoms with E-state index in [4.69, 9.17) is 14.2 Å². The zero-order chi connectivity index (χ0) is 29.2. The number of benzene rings is 3. The molecule has 4 nitrogen and oxygen atoms in total. The van der Waals surface area contributed by atoms with Gasteiger partial charge in [-0.3, -0.25) is 0 Å². The highest BCUT2D eigenvalue weighted by molar-refractivity contribution is 5.91. The molecule has 41 heavy (non-hydrogen) atoms. The number of unbranched alkanes of at least 4 members (excludes halogenated alkanes) is 2. The van der Waals surface area contributed by atoms with Crippen molar-refractivity contribution in [1.29, 1.82) is 0 Å². The predicted octanol–water partition coefficient (Wildman–Crippen LogP) is 9.18. The van der Waals surface area contributed by atoms with Gasteiger partial charge in [0.05, 0.1) is 18.3 Å². The average Bonchev–Trinajstić information content (AvgIpc) is 2.98. The Morgan fingerprint density at radius 3 is 2.32 bits per heavy atom. The second-order valence-corrected chi connectivity index (χ2v) is 10.4. The van der Waals surface area contributed by atoms with Crippen molar-refractivity contribution in [2.75, 3.05) is 13.2 Å². The van der Waals surface area contributed by atoms with Crippen LogP contribution in [0, 0.1) is 17.5 Å². The molecular weight excluding hydrogens is 529 g/mol. The molecule has 0 N–H and O–H groups in total. The molecule has 4 rings (SSSR count). The van der Waals surface area contributed by atoms with Gasteiger partial charge in [0.25, 0.3) is 0 Å². The molecule has 0 amide bonds. The van der Waals surface area contributed by atoms with Crippen molar-refractivity contribution in [2.24, 2.45) is 0 Å². The lowest BCUT2D eigenvalue weighted by Gasteiger charge is -2.29. The van der Waals surface area contributed by atoms with Crippen molar-refractivity contribution in [3.63, 3.8) is 0 Å². The predicted molar refractivity (Wildman–Crippen MR) is 154 cm³/mol. The normalized spacial score (nSPS) is 16.8.